The number of thioether (sulfide) groups is 1. The Labute approximate surface area is 171 Å². The van der Waals surface area contributed by atoms with Crippen molar-refractivity contribution < 1.29 is 19.1 Å². The summed E-state index contributed by atoms with van der Waals surface area (Å²) in [6.07, 6.45) is 0. The predicted molar refractivity (Wildman–Crippen MR) is 110 cm³/mol. The molecule has 0 bridgehead atoms. The molecule has 0 amide bonds. The van der Waals surface area contributed by atoms with Crippen molar-refractivity contribution in [1.82, 2.24) is 9.55 Å². The number of fused-ring (bicyclic) bond motifs is 1. The van der Waals surface area contributed by atoms with Crippen LogP contribution in [0.4, 0.5) is 0 Å². The van der Waals surface area contributed by atoms with E-state index >= 15 is 0 Å². The van der Waals surface area contributed by atoms with Crippen molar-refractivity contribution in [3.8, 4) is 5.75 Å². The lowest BCUT2D eigenvalue weighted by Crippen LogP contribution is -2.05. The Bertz CT molecular complexity index is 970. The number of carbonyl (C=O) groups is 2. The van der Waals surface area contributed by atoms with E-state index in [1.165, 1.54) is 18.9 Å². The number of hydrogen-bond donors (Lipinski definition) is 0. The Balaban J connectivity index is 0.00000261. The lowest BCUT2D eigenvalue weighted by Gasteiger charge is -2.04. The molecule has 0 radical (unpaired) electrons. The van der Waals surface area contributed by atoms with Gasteiger partial charge in [0.15, 0.2) is 10.9 Å². The molecule has 2 aromatic carbocycles. The summed E-state index contributed by atoms with van der Waals surface area (Å²) in [4.78, 5) is 28.4. The molecule has 1 aromatic heterocycles. The number of nitrogens with zero attached hydrogens (tertiary/aromatic N) is 2. The lowest BCUT2D eigenvalue weighted by atomic mass is 10.1. The molecule has 0 saturated heterocycles. The number of ketones is 1. The molecule has 0 spiro atoms. The van der Waals surface area contributed by atoms with Crippen LogP contribution in [0.25, 0.3) is 11.0 Å². The number of imidazole rings is 1. The Morgan fingerprint density at radius 2 is 1.74 bits per heavy atom. The fourth-order valence-electron chi connectivity index (χ4n) is 2.54. The molecule has 0 saturated carbocycles. The van der Waals surface area contributed by atoms with Gasteiger partial charge in [0.05, 0.1) is 36.6 Å². The molecular weight excluding hydrogens is 432 g/mol. The standard InChI is InChI=1S/C19H18N2O4S.BrH/c1-21-16-9-8-14(24-2)10-15(16)20-19(21)26-11-17(22)12-4-6-13(7-5-12)18(23)25-3;/h4-10H,11H2,1-3H3;1H. The van der Waals surface area contributed by atoms with Crippen LogP contribution in [0.15, 0.2) is 47.6 Å². The number of aromatic nitrogens is 2. The van der Waals surface area contributed by atoms with Crippen LogP contribution in [0.2, 0.25) is 0 Å². The second kappa shape index (κ2) is 9.05. The van der Waals surface area contributed by atoms with E-state index in [9.17, 15) is 9.59 Å². The first kappa shape index (κ1) is 21.0. The molecule has 1 heterocycles. The molecule has 3 aromatic rings. The highest BCUT2D eigenvalue weighted by Crippen LogP contribution is 2.26. The normalized spacial score (nSPS) is 10.3. The number of Topliss-reactive ketones (excluding diaryl/α,β-unsaturated/α-hetero) is 1. The SMILES string of the molecule is Br.COC(=O)c1ccc(C(=O)CSc2nc3cc(OC)ccc3n2C)cc1. The van der Waals surface area contributed by atoms with Gasteiger partial charge < -0.3 is 14.0 Å². The van der Waals surface area contributed by atoms with Gasteiger partial charge in [-0.2, -0.15) is 0 Å². The fraction of sp³-hybridized carbons (Fsp3) is 0.211. The molecule has 0 unspecified atom stereocenters. The zero-order chi connectivity index (χ0) is 18.7. The van der Waals surface area contributed by atoms with Crippen molar-refractivity contribution in [3.63, 3.8) is 0 Å². The smallest absolute Gasteiger partial charge is 0.337 e. The molecule has 8 heteroatoms. The minimum absolute atomic E-state index is 0. The molecule has 0 aliphatic heterocycles. The number of aryl methyl sites for hydroxylation is 1. The van der Waals surface area contributed by atoms with E-state index in [1.807, 2.05) is 29.8 Å². The highest BCUT2D eigenvalue weighted by atomic mass is 79.9. The van der Waals surface area contributed by atoms with E-state index in [2.05, 4.69) is 9.72 Å². The average molecular weight is 451 g/mol. The van der Waals surface area contributed by atoms with Gasteiger partial charge in [-0.15, -0.1) is 17.0 Å². The number of rotatable bonds is 6. The van der Waals surface area contributed by atoms with Crippen molar-refractivity contribution in [2.75, 3.05) is 20.0 Å². The van der Waals surface area contributed by atoms with Crippen molar-refractivity contribution in [1.29, 1.82) is 0 Å². The van der Waals surface area contributed by atoms with Gasteiger partial charge in [-0.3, -0.25) is 4.79 Å². The number of carbonyl (C=O) groups excluding carboxylic acids is 2. The van der Waals surface area contributed by atoms with Crippen LogP contribution in [0.5, 0.6) is 5.75 Å². The van der Waals surface area contributed by atoms with E-state index in [0.717, 1.165) is 21.9 Å². The van der Waals surface area contributed by atoms with Gasteiger partial charge in [0.2, 0.25) is 0 Å². The second-order valence-electron chi connectivity index (χ2n) is 5.59. The summed E-state index contributed by atoms with van der Waals surface area (Å²) in [6, 6.07) is 12.1. The second-order valence-corrected chi connectivity index (χ2v) is 6.53. The molecule has 0 fully saturated rings. The highest BCUT2D eigenvalue weighted by molar-refractivity contribution is 8.93. The maximum absolute atomic E-state index is 12.4. The first-order valence-corrected chi connectivity index (χ1v) is 8.87. The van der Waals surface area contributed by atoms with Gasteiger partial charge in [-0.05, 0) is 24.3 Å². The Morgan fingerprint density at radius 1 is 1.07 bits per heavy atom. The van der Waals surface area contributed by atoms with Crippen LogP contribution in [0, 0.1) is 0 Å². The maximum atomic E-state index is 12.4. The van der Waals surface area contributed by atoms with Gasteiger partial charge in [0, 0.05) is 18.7 Å². The zero-order valence-corrected chi connectivity index (χ0v) is 17.6. The zero-order valence-electron chi connectivity index (χ0n) is 15.1. The first-order chi connectivity index (χ1) is 12.5. The Morgan fingerprint density at radius 3 is 2.37 bits per heavy atom. The molecule has 0 aliphatic rings. The largest absolute Gasteiger partial charge is 0.497 e. The summed E-state index contributed by atoms with van der Waals surface area (Å²) in [5.74, 6) is 0.546. The summed E-state index contributed by atoms with van der Waals surface area (Å²) in [5, 5.41) is 0.757. The molecule has 0 atom stereocenters. The highest BCUT2D eigenvalue weighted by Gasteiger charge is 2.13. The van der Waals surface area contributed by atoms with E-state index < -0.39 is 5.97 Å². The average Bonchev–Trinajstić information content (AvgIpc) is 3.00. The van der Waals surface area contributed by atoms with Crippen LogP contribution in [-0.2, 0) is 11.8 Å². The van der Waals surface area contributed by atoms with E-state index in [4.69, 9.17) is 4.74 Å². The molecule has 3 rings (SSSR count). The van der Waals surface area contributed by atoms with Crippen LogP contribution < -0.4 is 4.74 Å². The number of methoxy groups -OCH3 is 2. The van der Waals surface area contributed by atoms with E-state index in [1.54, 1.807) is 31.4 Å². The lowest BCUT2D eigenvalue weighted by molar-refractivity contribution is 0.0600. The summed E-state index contributed by atoms with van der Waals surface area (Å²) < 4.78 is 11.8. The Hall–Kier alpha value is -2.32. The fourth-order valence-corrected chi connectivity index (χ4v) is 3.42. The first-order valence-electron chi connectivity index (χ1n) is 7.88. The van der Waals surface area contributed by atoms with Crippen molar-refractivity contribution in [2.24, 2.45) is 7.05 Å². The number of hydrogen-bond acceptors (Lipinski definition) is 6. The molecule has 6 nitrogen and oxygen atoms in total. The third-order valence-corrected chi connectivity index (χ3v) is 5.04. The van der Waals surface area contributed by atoms with E-state index in [0.29, 0.717) is 11.1 Å². The van der Waals surface area contributed by atoms with E-state index in [-0.39, 0.29) is 28.5 Å². The predicted octanol–water partition coefficient (Wildman–Crippen LogP) is 3.92. The van der Waals surface area contributed by atoms with Gasteiger partial charge in [0.25, 0.3) is 0 Å². The third kappa shape index (κ3) is 4.51. The van der Waals surface area contributed by atoms with Crippen molar-refractivity contribution in [3.05, 3.63) is 53.6 Å². The minimum Gasteiger partial charge on any atom is -0.497 e. The summed E-state index contributed by atoms with van der Waals surface area (Å²) in [6.45, 7) is 0. The van der Waals surface area contributed by atoms with Crippen LogP contribution >= 0.6 is 28.7 Å². The number of halogens is 1. The van der Waals surface area contributed by atoms with Gasteiger partial charge in [-0.25, -0.2) is 9.78 Å². The maximum Gasteiger partial charge on any atom is 0.337 e. The molecule has 142 valence electrons. The van der Waals surface area contributed by atoms with Crippen molar-refractivity contribution in [2.45, 2.75) is 5.16 Å². The number of esters is 1. The Kier molecular flexibility index (Phi) is 7.04. The van der Waals surface area contributed by atoms with Gasteiger partial charge in [0.1, 0.15) is 5.75 Å². The molecule has 27 heavy (non-hydrogen) atoms. The van der Waals surface area contributed by atoms with Crippen LogP contribution in [0.1, 0.15) is 20.7 Å². The number of benzene rings is 2. The van der Waals surface area contributed by atoms with Crippen LogP contribution in [0.3, 0.4) is 0 Å². The molecular formula is C19H19BrN2O4S. The molecule has 0 N–H and O–H groups in total. The van der Waals surface area contributed by atoms with Crippen molar-refractivity contribution >= 4 is 51.5 Å². The summed E-state index contributed by atoms with van der Waals surface area (Å²) in [7, 11) is 4.86. The van der Waals surface area contributed by atoms with Crippen LogP contribution in [-0.4, -0.2) is 41.3 Å². The summed E-state index contributed by atoms with van der Waals surface area (Å²) >= 11 is 1.37. The minimum atomic E-state index is -0.423. The summed E-state index contributed by atoms with van der Waals surface area (Å²) in [5.41, 5.74) is 2.76. The quantitative estimate of drug-likeness (QED) is 0.322. The third-order valence-electron chi connectivity index (χ3n) is 4.01. The topological polar surface area (TPSA) is 70.4 Å². The van der Waals surface area contributed by atoms with Gasteiger partial charge in [-0.1, -0.05) is 23.9 Å². The monoisotopic (exact) mass is 450 g/mol. The van der Waals surface area contributed by atoms with Gasteiger partial charge >= 0.3 is 5.97 Å². The molecule has 0 aliphatic carbocycles. The number of ether oxygens (including phenoxy) is 2.